The third-order valence-corrected chi connectivity index (χ3v) is 4.51. The zero-order chi connectivity index (χ0) is 11.9. The van der Waals surface area contributed by atoms with E-state index in [9.17, 15) is 0 Å². The first-order chi connectivity index (χ1) is 8.90. The molecule has 0 radical (unpaired) electrons. The summed E-state index contributed by atoms with van der Waals surface area (Å²) in [6, 6.07) is 15.7. The van der Waals surface area contributed by atoms with Gasteiger partial charge in [0.1, 0.15) is 0 Å². The van der Waals surface area contributed by atoms with Crippen LogP contribution in [0.25, 0.3) is 21.2 Å². The molecule has 0 fully saturated rings. The minimum absolute atomic E-state index is 1.00. The molecule has 1 aromatic heterocycles. The van der Waals surface area contributed by atoms with Gasteiger partial charge in [-0.15, -0.1) is 11.3 Å². The van der Waals surface area contributed by atoms with Gasteiger partial charge in [0.2, 0.25) is 0 Å². The summed E-state index contributed by atoms with van der Waals surface area (Å²) in [7, 11) is 0. The van der Waals surface area contributed by atoms with Gasteiger partial charge in [0.05, 0.1) is 0 Å². The summed E-state index contributed by atoms with van der Waals surface area (Å²) >= 11 is 1.81. The number of fused-ring (bicyclic) bond motifs is 2. The molecule has 0 atom stereocenters. The molecule has 2 aromatic carbocycles. The first kappa shape index (κ1) is 10.3. The first-order valence-corrected chi connectivity index (χ1v) is 7.08. The van der Waals surface area contributed by atoms with E-state index in [-0.39, 0.29) is 0 Å². The highest BCUT2D eigenvalue weighted by molar-refractivity contribution is 7.17. The van der Waals surface area contributed by atoms with Gasteiger partial charge in [-0.3, -0.25) is 0 Å². The normalized spacial score (nSPS) is 14.0. The Hall–Kier alpha value is -1.64. The highest BCUT2D eigenvalue weighted by Crippen LogP contribution is 2.29. The molecule has 88 valence electrons. The lowest BCUT2D eigenvalue weighted by molar-refractivity contribution is 0.765. The predicted molar refractivity (Wildman–Crippen MR) is 77.8 cm³/mol. The molecule has 0 saturated carbocycles. The van der Waals surface area contributed by atoms with Crippen LogP contribution < -0.4 is 5.32 Å². The van der Waals surface area contributed by atoms with Gasteiger partial charge >= 0.3 is 0 Å². The summed E-state index contributed by atoms with van der Waals surface area (Å²) in [5.74, 6) is 0. The number of benzene rings is 2. The molecule has 0 unspecified atom stereocenters. The van der Waals surface area contributed by atoms with Crippen LogP contribution in [0.3, 0.4) is 0 Å². The number of thiophene rings is 1. The van der Waals surface area contributed by atoms with Crippen molar-refractivity contribution in [1.29, 1.82) is 0 Å². The third-order valence-electron chi connectivity index (χ3n) is 3.63. The molecule has 18 heavy (non-hydrogen) atoms. The second-order valence-corrected chi connectivity index (χ2v) is 5.71. The number of hydrogen-bond donors (Lipinski definition) is 1. The Kier molecular flexibility index (Phi) is 2.25. The second-order valence-electron chi connectivity index (χ2n) is 4.76. The maximum Gasteiger partial charge on any atom is 0.0348 e. The van der Waals surface area contributed by atoms with Gasteiger partial charge in [0.15, 0.2) is 0 Å². The fourth-order valence-corrected chi connectivity index (χ4v) is 3.44. The molecule has 1 aliphatic heterocycles. The lowest BCUT2D eigenvalue weighted by Gasteiger charge is -2.05. The van der Waals surface area contributed by atoms with Crippen LogP contribution in [-0.2, 0) is 13.1 Å². The van der Waals surface area contributed by atoms with Gasteiger partial charge in [-0.05, 0) is 51.2 Å². The van der Waals surface area contributed by atoms with Crippen LogP contribution >= 0.6 is 11.3 Å². The van der Waals surface area contributed by atoms with Crippen molar-refractivity contribution in [2.45, 2.75) is 13.1 Å². The summed E-state index contributed by atoms with van der Waals surface area (Å²) in [5, 5.41) is 6.89. The molecule has 1 N–H and O–H groups in total. The zero-order valence-corrected chi connectivity index (χ0v) is 10.8. The largest absolute Gasteiger partial charge is 0.309 e. The molecule has 0 aliphatic carbocycles. The summed E-state index contributed by atoms with van der Waals surface area (Å²) in [6.07, 6.45) is 0. The zero-order valence-electron chi connectivity index (χ0n) is 9.94. The van der Waals surface area contributed by atoms with Crippen molar-refractivity contribution in [1.82, 2.24) is 5.32 Å². The average Bonchev–Trinajstić information content (AvgIpc) is 3.05. The Morgan fingerprint density at radius 1 is 0.833 bits per heavy atom. The van der Waals surface area contributed by atoms with Crippen LogP contribution in [0.1, 0.15) is 11.1 Å². The van der Waals surface area contributed by atoms with Crippen LogP contribution in [-0.4, -0.2) is 0 Å². The molecule has 2 heterocycles. The van der Waals surface area contributed by atoms with E-state index >= 15 is 0 Å². The Morgan fingerprint density at radius 2 is 1.67 bits per heavy atom. The Balaban J connectivity index is 1.86. The molecular weight excluding hydrogens is 238 g/mol. The van der Waals surface area contributed by atoms with E-state index in [0.29, 0.717) is 0 Å². The maximum atomic E-state index is 3.39. The van der Waals surface area contributed by atoms with Crippen LogP contribution in [0, 0.1) is 0 Å². The Morgan fingerprint density at radius 3 is 2.67 bits per heavy atom. The average molecular weight is 251 g/mol. The van der Waals surface area contributed by atoms with Crippen LogP contribution in [0.2, 0.25) is 0 Å². The summed E-state index contributed by atoms with van der Waals surface area (Å²) < 4.78 is 1.37. The molecule has 1 aliphatic rings. The molecule has 2 heteroatoms. The SMILES string of the molecule is c1cc2ccc(-c3ccc4c(c3)CNC4)cc2s1. The maximum absolute atomic E-state index is 3.39. The standard InChI is InChI=1S/C16H13NS/c1-2-13(8-16-11(1)5-6-18-16)12-3-4-14-9-17-10-15(14)7-12/h1-8,17H,9-10H2. The third kappa shape index (κ3) is 1.57. The fourth-order valence-electron chi connectivity index (χ4n) is 2.61. The Labute approximate surface area is 110 Å². The molecule has 1 nitrogen and oxygen atoms in total. The van der Waals surface area contributed by atoms with Gasteiger partial charge in [-0.1, -0.05) is 24.3 Å². The van der Waals surface area contributed by atoms with E-state index in [1.807, 2.05) is 11.3 Å². The topological polar surface area (TPSA) is 12.0 Å². The van der Waals surface area contributed by atoms with Crippen molar-refractivity contribution in [3.8, 4) is 11.1 Å². The predicted octanol–water partition coefficient (Wildman–Crippen LogP) is 4.17. The van der Waals surface area contributed by atoms with Crippen LogP contribution in [0.5, 0.6) is 0 Å². The minimum atomic E-state index is 1.00. The molecular formula is C16H13NS. The van der Waals surface area contributed by atoms with E-state index < -0.39 is 0 Å². The second kappa shape index (κ2) is 3.94. The molecule has 0 saturated heterocycles. The van der Waals surface area contributed by atoms with Gasteiger partial charge in [-0.25, -0.2) is 0 Å². The van der Waals surface area contributed by atoms with Crippen molar-refractivity contribution in [2.24, 2.45) is 0 Å². The van der Waals surface area contributed by atoms with Crippen molar-refractivity contribution >= 4 is 21.4 Å². The van der Waals surface area contributed by atoms with Crippen LogP contribution in [0.4, 0.5) is 0 Å². The molecule has 0 bridgehead atoms. The van der Waals surface area contributed by atoms with Gasteiger partial charge < -0.3 is 5.32 Å². The van der Waals surface area contributed by atoms with E-state index in [2.05, 4.69) is 53.2 Å². The number of rotatable bonds is 1. The molecule has 0 spiro atoms. The summed E-state index contributed by atoms with van der Waals surface area (Å²) in [4.78, 5) is 0. The molecule has 4 rings (SSSR count). The lowest BCUT2D eigenvalue weighted by atomic mass is 10.0. The first-order valence-electron chi connectivity index (χ1n) is 6.20. The van der Waals surface area contributed by atoms with Gasteiger partial charge in [0.25, 0.3) is 0 Å². The van der Waals surface area contributed by atoms with Gasteiger partial charge in [0, 0.05) is 17.8 Å². The minimum Gasteiger partial charge on any atom is -0.309 e. The summed E-state index contributed by atoms with van der Waals surface area (Å²) in [5.41, 5.74) is 5.53. The fraction of sp³-hybridized carbons (Fsp3) is 0.125. The molecule has 3 aromatic rings. The number of hydrogen-bond acceptors (Lipinski definition) is 2. The van der Waals surface area contributed by atoms with Crippen LogP contribution in [0.15, 0.2) is 47.8 Å². The van der Waals surface area contributed by atoms with E-state index in [4.69, 9.17) is 0 Å². The van der Waals surface area contributed by atoms with E-state index in [1.54, 1.807) is 0 Å². The van der Waals surface area contributed by atoms with Crippen molar-refractivity contribution < 1.29 is 0 Å². The smallest absolute Gasteiger partial charge is 0.0348 e. The van der Waals surface area contributed by atoms with Gasteiger partial charge in [-0.2, -0.15) is 0 Å². The highest BCUT2D eigenvalue weighted by Gasteiger charge is 2.10. The monoisotopic (exact) mass is 251 g/mol. The quantitative estimate of drug-likeness (QED) is 0.684. The summed E-state index contributed by atoms with van der Waals surface area (Å²) in [6.45, 7) is 2.02. The van der Waals surface area contributed by atoms with Crippen molar-refractivity contribution in [3.05, 3.63) is 59.0 Å². The van der Waals surface area contributed by atoms with Crippen molar-refractivity contribution in [3.63, 3.8) is 0 Å². The number of nitrogens with one attached hydrogen (secondary N) is 1. The molecule has 0 amide bonds. The van der Waals surface area contributed by atoms with E-state index in [1.165, 1.54) is 32.3 Å². The highest BCUT2D eigenvalue weighted by atomic mass is 32.1. The van der Waals surface area contributed by atoms with Crippen molar-refractivity contribution in [2.75, 3.05) is 0 Å². The lowest BCUT2D eigenvalue weighted by Crippen LogP contribution is -1.99. The van der Waals surface area contributed by atoms with E-state index in [0.717, 1.165) is 13.1 Å². The Bertz CT molecular complexity index is 727.